The van der Waals surface area contributed by atoms with E-state index in [1.54, 1.807) is 0 Å². The van der Waals surface area contributed by atoms with Gasteiger partial charge < -0.3 is 9.47 Å². The third kappa shape index (κ3) is 5.97. The standard InChI is InChI=1S/C18H34O2/c1-14-10-9-13-18(8,20-17(5,6)7)15(12-11-14)19-16(2,3)4/h10,15H,9,11-13H2,1-8H3/b14-10-. The van der Waals surface area contributed by atoms with Crippen molar-refractivity contribution in [3.63, 3.8) is 0 Å². The molecule has 20 heavy (non-hydrogen) atoms. The van der Waals surface area contributed by atoms with Crippen LogP contribution in [-0.2, 0) is 9.47 Å². The lowest BCUT2D eigenvalue weighted by atomic mass is 9.85. The molecule has 0 spiro atoms. The van der Waals surface area contributed by atoms with E-state index in [1.807, 2.05) is 0 Å². The summed E-state index contributed by atoms with van der Waals surface area (Å²) in [5.74, 6) is 0. The predicted molar refractivity (Wildman–Crippen MR) is 86.1 cm³/mol. The van der Waals surface area contributed by atoms with Crippen LogP contribution in [0.3, 0.4) is 0 Å². The first-order chi connectivity index (χ1) is 8.91. The van der Waals surface area contributed by atoms with Crippen molar-refractivity contribution < 1.29 is 9.47 Å². The molecule has 0 aromatic heterocycles. The lowest BCUT2D eigenvalue weighted by molar-refractivity contribution is -0.217. The molecule has 1 aliphatic carbocycles. The topological polar surface area (TPSA) is 18.5 Å². The maximum atomic E-state index is 6.44. The fourth-order valence-corrected chi connectivity index (χ4v) is 2.96. The van der Waals surface area contributed by atoms with E-state index in [0.29, 0.717) is 0 Å². The quantitative estimate of drug-likeness (QED) is 0.643. The van der Waals surface area contributed by atoms with E-state index in [-0.39, 0.29) is 22.9 Å². The minimum Gasteiger partial charge on any atom is -0.370 e. The van der Waals surface area contributed by atoms with Gasteiger partial charge in [-0.05, 0) is 81.1 Å². The zero-order valence-electron chi connectivity index (χ0n) is 14.8. The summed E-state index contributed by atoms with van der Waals surface area (Å²) in [4.78, 5) is 0. The summed E-state index contributed by atoms with van der Waals surface area (Å²) >= 11 is 0. The van der Waals surface area contributed by atoms with Gasteiger partial charge in [0.15, 0.2) is 0 Å². The lowest BCUT2D eigenvalue weighted by Crippen LogP contribution is -2.50. The summed E-state index contributed by atoms with van der Waals surface area (Å²) < 4.78 is 12.8. The maximum Gasteiger partial charge on any atom is 0.0925 e. The third-order valence-corrected chi connectivity index (χ3v) is 3.65. The second kappa shape index (κ2) is 6.19. The summed E-state index contributed by atoms with van der Waals surface area (Å²) in [5, 5.41) is 0. The fourth-order valence-electron chi connectivity index (χ4n) is 2.96. The molecule has 0 aliphatic heterocycles. The van der Waals surface area contributed by atoms with Gasteiger partial charge in [0.1, 0.15) is 0 Å². The molecule has 1 rings (SSSR count). The first kappa shape index (κ1) is 17.7. The molecular weight excluding hydrogens is 248 g/mol. The van der Waals surface area contributed by atoms with E-state index in [2.05, 4.69) is 61.5 Å². The van der Waals surface area contributed by atoms with Crippen molar-refractivity contribution in [2.24, 2.45) is 0 Å². The van der Waals surface area contributed by atoms with Gasteiger partial charge in [-0.15, -0.1) is 0 Å². The normalized spacial score (nSPS) is 32.2. The summed E-state index contributed by atoms with van der Waals surface area (Å²) in [5.41, 5.74) is 0.976. The van der Waals surface area contributed by atoms with E-state index in [1.165, 1.54) is 5.57 Å². The monoisotopic (exact) mass is 282 g/mol. The Labute approximate surface area is 125 Å². The molecule has 0 fully saturated rings. The molecule has 2 nitrogen and oxygen atoms in total. The van der Waals surface area contributed by atoms with Gasteiger partial charge in [-0.25, -0.2) is 0 Å². The van der Waals surface area contributed by atoms with Crippen LogP contribution in [0.1, 0.15) is 81.1 Å². The van der Waals surface area contributed by atoms with Crippen molar-refractivity contribution in [2.75, 3.05) is 0 Å². The number of hydrogen-bond donors (Lipinski definition) is 0. The Kier molecular flexibility index (Phi) is 5.48. The van der Waals surface area contributed by atoms with Gasteiger partial charge in [-0.2, -0.15) is 0 Å². The molecule has 0 saturated carbocycles. The molecule has 0 radical (unpaired) electrons. The number of allylic oxidation sites excluding steroid dienone is 2. The lowest BCUT2D eigenvalue weighted by Gasteiger charge is -2.45. The number of rotatable bonds is 2. The highest BCUT2D eigenvalue weighted by atomic mass is 16.6. The molecule has 0 aromatic rings. The third-order valence-electron chi connectivity index (χ3n) is 3.65. The fraction of sp³-hybridized carbons (Fsp3) is 0.889. The average molecular weight is 282 g/mol. The SMILES string of the molecule is C/C1=C/CCC(C)(OC(C)(C)C)C(OC(C)(C)C)CC1. The van der Waals surface area contributed by atoms with Crippen molar-refractivity contribution >= 4 is 0 Å². The van der Waals surface area contributed by atoms with Gasteiger partial charge in [0.05, 0.1) is 22.9 Å². The molecular formula is C18H34O2. The van der Waals surface area contributed by atoms with Crippen LogP contribution in [0.15, 0.2) is 11.6 Å². The van der Waals surface area contributed by atoms with Gasteiger partial charge in [-0.1, -0.05) is 11.6 Å². The molecule has 0 amide bonds. The minimum atomic E-state index is -0.220. The van der Waals surface area contributed by atoms with Crippen molar-refractivity contribution in [1.82, 2.24) is 0 Å². The Morgan fingerprint density at radius 1 is 1.10 bits per heavy atom. The summed E-state index contributed by atoms with van der Waals surface area (Å²) in [7, 11) is 0. The van der Waals surface area contributed by atoms with Crippen molar-refractivity contribution in [1.29, 1.82) is 0 Å². The first-order valence-corrected chi connectivity index (χ1v) is 7.95. The van der Waals surface area contributed by atoms with Crippen molar-refractivity contribution in [3.05, 3.63) is 11.6 Å². The van der Waals surface area contributed by atoms with E-state index in [9.17, 15) is 0 Å². The highest BCUT2D eigenvalue weighted by Crippen LogP contribution is 2.36. The number of hydrogen-bond acceptors (Lipinski definition) is 2. The molecule has 0 bridgehead atoms. The highest BCUT2D eigenvalue weighted by molar-refractivity contribution is 5.04. The molecule has 2 unspecified atom stereocenters. The molecule has 1 aliphatic rings. The first-order valence-electron chi connectivity index (χ1n) is 7.95. The second-order valence-corrected chi connectivity index (χ2v) is 8.37. The molecule has 118 valence electrons. The van der Waals surface area contributed by atoms with Crippen LogP contribution in [-0.4, -0.2) is 22.9 Å². The Bertz CT molecular complexity index is 343. The summed E-state index contributed by atoms with van der Waals surface area (Å²) in [6.07, 6.45) is 6.73. The van der Waals surface area contributed by atoms with Crippen LogP contribution in [0.5, 0.6) is 0 Å². The van der Waals surface area contributed by atoms with Gasteiger partial charge in [0.2, 0.25) is 0 Å². The van der Waals surface area contributed by atoms with Crippen LogP contribution >= 0.6 is 0 Å². The molecule has 0 saturated heterocycles. The van der Waals surface area contributed by atoms with Crippen LogP contribution < -0.4 is 0 Å². The predicted octanol–water partition coefficient (Wildman–Crippen LogP) is 5.26. The molecule has 0 aromatic carbocycles. The van der Waals surface area contributed by atoms with Gasteiger partial charge in [0, 0.05) is 0 Å². The van der Waals surface area contributed by atoms with Crippen LogP contribution in [0, 0.1) is 0 Å². The Morgan fingerprint density at radius 2 is 1.70 bits per heavy atom. The van der Waals surface area contributed by atoms with E-state index in [4.69, 9.17) is 9.47 Å². The van der Waals surface area contributed by atoms with E-state index < -0.39 is 0 Å². The van der Waals surface area contributed by atoms with Crippen molar-refractivity contribution in [3.8, 4) is 0 Å². The summed E-state index contributed by atoms with van der Waals surface area (Å²) in [6.45, 7) is 17.2. The Balaban J connectivity index is 2.98. The molecule has 2 atom stereocenters. The Morgan fingerprint density at radius 3 is 2.20 bits per heavy atom. The highest BCUT2D eigenvalue weighted by Gasteiger charge is 2.41. The van der Waals surface area contributed by atoms with Crippen LogP contribution in [0.25, 0.3) is 0 Å². The van der Waals surface area contributed by atoms with E-state index >= 15 is 0 Å². The smallest absolute Gasteiger partial charge is 0.0925 e. The van der Waals surface area contributed by atoms with Crippen LogP contribution in [0.2, 0.25) is 0 Å². The maximum absolute atomic E-state index is 6.44. The molecule has 2 heteroatoms. The molecule has 0 N–H and O–H groups in total. The largest absolute Gasteiger partial charge is 0.370 e. The molecule has 0 heterocycles. The number of ether oxygens (including phenoxy) is 2. The van der Waals surface area contributed by atoms with Gasteiger partial charge in [-0.3, -0.25) is 0 Å². The average Bonchev–Trinajstić information content (AvgIpc) is 2.18. The van der Waals surface area contributed by atoms with E-state index in [0.717, 1.165) is 25.7 Å². The summed E-state index contributed by atoms with van der Waals surface area (Å²) in [6, 6.07) is 0. The van der Waals surface area contributed by atoms with Gasteiger partial charge in [0.25, 0.3) is 0 Å². The zero-order chi connectivity index (χ0) is 15.6. The Hall–Kier alpha value is -0.340. The van der Waals surface area contributed by atoms with Gasteiger partial charge >= 0.3 is 0 Å². The van der Waals surface area contributed by atoms with Crippen LogP contribution in [0.4, 0.5) is 0 Å². The minimum absolute atomic E-state index is 0.135. The zero-order valence-corrected chi connectivity index (χ0v) is 14.8. The van der Waals surface area contributed by atoms with Crippen molar-refractivity contribution in [2.45, 2.75) is 104 Å². The second-order valence-electron chi connectivity index (χ2n) is 8.37.